The smallest absolute Gasteiger partial charge is 0.343 e. The molecule has 2 heterocycles. The van der Waals surface area contributed by atoms with E-state index in [-0.39, 0.29) is 5.56 Å². The Hall–Kier alpha value is -2.43. The van der Waals surface area contributed by atoms with E-state index >= 15 is 0 Å². The highest BCUT2D eigenvalue weighted by Crippen LogP contribution is 2.40. The van der Waals surface area contributed by atoms with Crippen molar-refractivity contribution in [1.29, 1.82) is 0 Å². The van der Waals surface area contributed by atoms with E-state index in [1.165, 1.54) is 7.11 Å². The summed E-state index contributed by atoms with van der Waals surface area (Å²) in [4.78, 5) is 11.9. The zero-order valence-corrected chi connectivity index (χ0v) is 10.4. The summed E-state index contributed by atoms with van der Waals surface area (Å²) in [6.07, 6.45) is 2.28. The lowest BCUT2D eigenvalue weighted by molar-refractivity contribution is 0.0597. The normalized spacial score (nSPS) is 12.9. The van der Waals surface area contributed by atoms with Crippen molar-refractivity contribution in [1.82, 2.24) is 0 Å². The quantitative estimate of drug-likeness (QED) is 0.628. The predicted molar refractivity (Wildman–Crippen MR) is 69.1 cm³/mol. The number of hydrogen-bond acceptors (Lipinski definition) is 5. The molecule has 0 aliphatic carbocycles. The van der Waals surface area contributed by atoms with E-state index < -0.39 is 5.97 Å². The molecule has 1 aliphatic rings. The number of esters is 1. The second kappa shape index (κ2) is 4.35. The SMILES string of the molecule is COC(=O)c1c(N)ccc2c1OCCc1occc1-2. The Labute approximate surface area is 109 Å². The predicted octanol–water partition coefficient (Wildman–Crippen LogP) is 2.25. The van der Waals surface area contributed by atoms with E-state index in [9.17, 15) is 4.79 Å². The van der Waals surface area contributed by atoms with Crippen LogP contribution in [0.25, 0.3) is 11.1 Å². The van der Waals surface area contributed by atoms with Crippen LogP contribution in [-0.4, -0.2) is 19.7 Å². The molecule has 0 saturated carbocycles. The molecule has 0 unspecified atom stereocenters. The topological polar surface area (TPSA) is 74.7 Å². The first-order valence-electron chi connectivity index (χ1n) is 5.92. The lowest BCUT2D eigenvalue weighted by Crippen LogP contribution is -2.10. The number of furan rings is 1. The molecule has 1 aliphatic heterocycles. The van der Waals surface area contributed by atoms with Crippen molar-refractivity contribution in [2.75, 3.05) is 19.5 Å². The van der Waals surface area contributed by atoms with E-state index in [2.05, 4.69) is 0 Å². The Bertz CT molecular complexity index is 645. The van der Waals surface area contributed by atoms with Gasteiger partial charge in [-0.05, 0) is 18.2 Å². The Balaban J connectivity index is 2.27. The van der Waals surface area contributed by atoms with Gasteiger partial charge in [0.25, 0.3) is 0 Å². The molecule has 0 bridgehead atoms. The average molecular weight is 259 g/mol. The maximum absolute atomic E-state index is 11.9. The Morgan fingerprint density at radius 1 is 1.32 bits per heavy atom. The third-order valence-corrected chi connectivity index (χ3v) is 3.19. The maximum Gasteiger partial charge on any atom is 0.343 e. The monoisotopic (exact) mass is 259 g/mol. The second-order valence-electron chi connectivity index (χ2n) is 4.25. The van der Waals surface area contributed by atoms with E-state index in [4.69, 9.17) is 19.6 Å². The number of anilines is 1. The van der Waals surface area contributed by atoms with Crippen LogP contribution in [0.4, 0.5) is 5.69 Å². The molecule has 0 atom stereocenters. The van der Waals surface area contributed by atoms with Gasteiger partial charge in [-0.15, -0.1) is 0 Å². The minimum atomic E-state index is -0.499. The summed E-state index contributed by atoms with van der Waals surface area (Å²) in [6.45, 7) is 0.432. The fourth-order valence-electron chi connectivity index (χ4n) is 2.29. The van der Waals surface area contributed by atoms with Crippen molar-refractivity contribution in [2.24, 2.45) is 0 Å². The molecule has 1 aromatic carbocycles. The molecule has 0 fully saturated rings. The Morgan fingerprint density at radius 2 is 2.16 bits per heavy atom. The standard InChI is InChI=1S/C14H13NO4/c1-17-14(16)12-10(15)3-2-9-8-4-6-18-11(8)5-7-19-13(9)12/h2-4,6H,5,7,15H2,1H3. The summed E-state index contributed by atoms with van der Waals surface area (Å²) >= 11 is 0. The minimum absolute atomic E-state index is 0.272. The minimum Gasteiger partial charge on any atom is -0.491 e. The van der Waals surface area contributed by atoms with Crippen LogP contribution >= 0.6 is 0 Å². The molecular weight excluding hydrogens is 246 g/mol. The molecule has 0 saturated heterocycles. The highest BCUT2D eigenvalue weighted by atomic mass is 16.5. The van der Waals surface area contributed by atoms with Gasteiger partial charge in [0.05, 0.1) is 20.0 Å². The molecule has 3 rings (SSSR count). The van der Waals surface area contributed by atoms with Crippen LogP contribution in [0.5, 0.6) is 5.75 Å². The number of carbonyl (C=O) groups excluding carboxylic acids is 1. The number of carbonyl (C=O) groups is 1. The highest BCUT2D eigenvalue weighted by Gasteiger charge is 2.25. The van der Waals surface area contributed by atoms with Gasteiger partial charge in [0, 0.05) is 23.2 Å². The molecule has 2 N–H and O–H groups in total. The molecular formula is C14H13NO4. The number of benzene rings is 1. The number of fused-ring (bicyclic) bond motifs is 3. The summed E-state index contributed by atoms with van der Waals surface area (Å²) in [7, 11) is 1.32. The first kappa shape index (κ1) is 11.6. The number of methoxy groups -OCH3 is 1. The van der Waals surface area contributed by atoms with E-state index in [0.29, 0.717) is 24.5 Å². The highest BCUT2D eigenvalue weighted by molar-refractivity contribution is 6.01. The summed E-state index contributed by atoms with van der Waals surface area (Å²) in [5.74, 6) is 0.813. The van der Waals surface area contributed by atoms with Gasteiger partial charge in [-0.3, -0.25) is 0 Å². The zero-order chi connectivity index (χ0) is 13.4. The molecule has 0 spiro atoms. The van der Waals surface area contributed by atoms with Gasteiger partial charge in [0.15, 0.2) is 0 Å². The number of rotatable bonds is 1. The van der Waals surface area contributed by atoms with Gasteiger partial charge >= 0.3 is 5.97 Å². The van der Waals surface area contributed by atoms with Crippen LogP contribution in [0.1, 0.15) is 16.1 Å². The molecule has 2 aromatic rings. The van der Waals surface area contributed by atoms with Crippen LogP contribution in [0.2, 0.25) is 0 Å². The third kappa shape index (κ3) is 1.74. The Morgan fingerprint density at radius 3 is 2.95 bits per heavy atom. The average Bonchev–Trinajstić information content (AvgIpc) is 2.80. The van der Waals surface area contributed by atoms with Crippen molar-refractivity contribution in [3.05, 3.63) is 35.8 Å². The van der Waals surface area contributed by atoms with Gasteiger partial charge in [-0.2, -0.15) is 0 Å². The number of ether oxygens (including phenoxy) is 2. The van der Waals surface area contributed by atoms with Crippen molar-refractivity contribution in [2.45, 2.75) is 6.42 Å². The van der Waals surface area contributed by atoms with Crippen LogP contribution < -0.4 is 10.5 Å². The third-order valence-electron chi connectivity index (χ3n) is 3.19. The molecule has 5 nitrogen and oxygen atoms in total. The largest absolute Gasteiger partial charge is 0.491 e. The molecule has 0 radical (unpaired) electrons. The van der Waals surface area contributed by atoms with E-state index in [0.717, 1.165) is 16.9 Å². The first-order valence-corrected chi connectivity index (χ1v) is 5.92. The maximum atomic E-state index is 11.9. The molecule has 19 heavy (non-hydrogen) atoms. The molecule has 98 valence electrons. The van der Waals surface area contributed by atoms with Crippen molar-refractivity contribution in [3.63, 3.8) is 0 Å². The van der Waals surface area contributed by atoms with Gasteiger partial charge < -0.3 is 19.6 Å². The van der Waals surface area contributed by atoms with Gasteiger partial charge in [0.1, 0.15) is 17.1 Å². The summed E-state index contributed by atoms with van der Waals surface area (Å²) < 4.78 is 15.9. The van der Waals surface area contributed by atoms with Gasteiger partial charge in [0.2, 0.25) is 0 Å². The van der Waals surface area contributed by atoms with Crippen molar-refractivity contribution < 1.29 is 18.7 Å². The summed E-state index contributed by atoms with van der Waals surface area (Å²) in [5.41, 5.74) is 8.21. The van der Waals surface area contributed by atoms with Crippen LogP contribution in [0.15, 0.2) is 28.9 Å². The van der Waals surface area contributed by atoms with Gasteiger partial charge in [-0.25, -0.2) is 4.79 Å². The number of nitrogens with two attached hydrogens (primary N) is 1. The molecule has 5 heteroatoms. The van der Waals surface area contributed by atoms with E-state index in [1.807, 2.05) is 12.1 Å². The lowest BCUT2D eigenvalue weighted by Gasteiger charge is -2.13. The lowest BCUT2D eigenvalue weighted by atomic mass is 10.0. The summed E-state index contributed by atoms with van der Waals surface area (Å²) in [5, 5.41) is 0. The van der Waals surface area contributed by atoms with Crippen molar-refractivity contribution in [3.8, 4) is 16.9 Å². The fourth-order valence-corrected chi connectivity index (χ4v) is 2.29. The number of nitrogen functional groups attached to an aromatic ring is 1. The molecule has 1 aromatic heterocycles. The van der Waals surface area contributed by atoms with Crippen LogP contribution in [-0.2, 0) is 11.2 Å². The Kier molecular flexibility index (Phi) is 2.67. The van der Waals surface area contributed by atoms with Gasteiger partial charge in [-0.1, -0.05) is 0 Å². The number of hydrogen-bond donors (Lipinski definition) is 1. The van der Waals surface area contributed by atoms with Crippen LogP contribution in [0.3, 0.4) is 0 Å². The first-order chi connectivity index (χ1) is 9.22. The molecule has 0 amide bonds. The summed E-state index contributed by atoms with van der Waals surface area (Å²) in [6, 6.07) is 5.37. The fraction of sp³-hybridized carbons (Fsp3) is 0.214. The second-order valence-corrected chi connectivity index (χ2v) is 4.25. The van der Waals surface area contributed by atoms with Crippen molar-refractivity contribution >= 4 is 11.7 Å². The zero-order valence-electron chi connectivity index (χ0n) is 10.4. The van der Waals surface area contributed by atoms with E-state index in [1.54, 1.807) is 12.3 Å². The van der Waals surface area contributed by atoms with Crippen LogP contribution in [0, 0.1) is 0 Å².